The van der Waals surface area contributed by atoms with Crippen molar-refractivity contribution in [3.8, 4) is 45.8 Å². The SMILES string of the molecule is COc1cc(O)c2c(=O)c(O[C@@H]3OC(C)[C@H](O)C(O)[C@@H]3O)c(-c3cc(O)c(O)c(O)c3)oc2c1. The molecule has 1 aromatic heterocycles. The number of hydrogen-bond donors (Lipinski definition) is 7. The Kier molecular flexibility index (Phi) is 5.91. The first-order valence-corrected chi connectivity index (χ1v) is 10.0. The molecular formula is C22H22O12. The lowest BCUT2D eigenvalue weighted by Gasteiger charge is -2.38. The molecule has 34 heavy (non-hydrogen) atoms. The fourth-order valence-corrected chi connectivity index (χ4v) is 3.63. The molecule has 1 aliphatic heterocycles. The van der Waals surface area contributed by atoms with Crippen LogP contribution in [0, 0.1) is 0 Å². The van der Waals surface area contributed by atoms with Crippen molar-refractivity contribution < 1.29 is 54.4 Å². The Morgan fingerprint density at radius 2 is 1.53 bits per heavy atom. The number of benzene rings is 2. The number of ether oxygens (including phenoxy) is 3. The van der Waals surface area contributed by atoms with E-state index in [0.717, 1.165) is 18.2 Å². The van der Waals surface area contributed by atoms with Gasteiger partial charge < -0.3 is 54.4 Å². The fraction of sp³-hybridized carbons (Fsp3) is 0.318. The van der Waals surface area contributed by atoms with E-state index < -0.39 is 64.9 Å². The minimum atomic E-state index is -1.78. The van der Waals surface area contributed by atoms with E-state index in [-0.39, 0.29) is 28.0 Å². The first kappa shape index (κ1) is 23.4. The predicted molar refractivity (Wildman–Crippen MR) is 114 cm³/mol. The molecule has 0 radical (unpaired) electrons. The molecule has 2 unspecified atom stereocenters. The van der Waals surface area contributed by atoms with Crippen molar-refractivity contribution in [2.75, 3.05) is 7.11 Å². The molecule has 1 saturated heterocycles. The first-order valence-electron chi connectivity index (χ1n) is 10.0. The van der Waals surface area contributed by atoms with Gasteiger partial charge in [0.25, 0.3) is 0 Å². The van der Waals surface area contributed by atoms with Crippen LogP contribution in [-0.4, -0.2) is 73.6 Å². The lowest BCUT2D eigenvalue weighted by molar-refractivity contribution is -0.268. The van der Waals surface area contributed by atoms with Crippen molar-refractivity contribution in [2.45, 2.75) is 37.6 Å². The van der Waals surface area contributed by atoms with Gasteiger partial charge in [0.05, 0.1) is 13.2 Å². The van der Waals surface area contributed by atoms with Gasteiger partial charge in [0.1, 0.15) is 40.8 Å². The third-order valence-electron chi connectivity index (χ3n) is 5.52. The Labute approximate surface area is 191 Å². The summed E-state index contributed by atoms with van der Waals surface area (Å²) in [6.45, 7) is 1.41. The van der Waals surface area contributed by atoms with Gasteiger partial charge in [-0.3, -0.25) is 4.79 Å². The Balaban J connectivity index is 1.95. The highest BCUT2D eigenvalue weighted by Crippen LogP contribution is 2.43. The fourth-order valence-electron chi connectivity index (χ4n) is 3.63. The summed E-state index contributed by atoms with van der Waals surface area (Å²) >= 11 is 0. The molecule has 0 saturated carbocycles. The smallest absolute Gasteiger partial charge is 0.239 e. The van der Waals surface area contributed by atoms with Crippen molar-refractivity contribution in [3.05, 3.63) is 34.5 Å². The van der Waals surface area contributed by atoms with E-state index in [4.69, 9.17) is 18.6 Å². The maximum atomic E-state index is 13.4. The van der Waals surface area contributed by atoms with Gasteiger partial charge in [0.15, 0.2) is 23.0 Å². The Morgan fingerprint density at radius 1 is 0.882 bits per heavy atom. The molecular weight excluding hydrogens is 456 g/mol. The molecule has 12 heteroatoms. The summed E-state index contributed by atoms with van der Waals surface area (Å²) in [6, 6.07) is 4.42. The summed E-state index contributed by atoms with van der Waals surface area (Å²) in [5.74, 6) is -3.63. The number of phenols is 4. The Morgan fingerprint density at radius 3 is 2.15 bits per heavy atom. The number of fused-ring (bicyclic) bond motifs is 1. The molecule has 1 fully saturated rings. The molecule has 182 valence electrons. The predicted octanol–water partition coefficient (Wildman–Crippen LogP) is 0.497. The van der Waals surface area contributed by atoms with Crippen LogP contribution in [0.15, 0.2) is 33.5 Å². The minimum Gasteiger partial charge on any atom is -0.507 e. The third-order valence-corrected chi connectivity index (χ3v) is 5.52. The highest BCUT2D eigenvalue weighted by atomic mass is 16.7. The van der Waals surface area contributed by atoms with Crippen LogP contribution >= 0.6 is 0 Å². The van der Waals surface area contributed by atoms with Crippen molar-refractivity contribution in [1.29, 1.82) is 0 Å². The van der Waals surface area contributed by atoms with Crippen LogP contribution in [0.1, 0.15) is 6.92 Å². The van der Waals surface area contributed by atoms with Gasteiger partial charge in [-0.25, -0.2) is 0 Å². The zero-order chi connectivity index (χ0) is 24.9. The molecule has 12 nitrogen and oxygen atoms in total. The van der Waals surface area contributed by atoms with Gasteiger partial charge in [0, 0.05) is 17.7 Å². The van der Waals surface area contributed by atoms with Crippen LogP contribution in [-0.2, 0) is 4.74 Å². The lowest BCUT2D eigenvalue weighted by atomic mass is 10.00. The highest BCUT2D eigenvalue weighted by Gasteiger charge is 2.44. The number of aromatic hydroxyl groups is 4. The molecule has 2 aromatic carbocycles. The second-order valence-electron chi connectivity index (χ2n) is 7.77. The van der Waals surface area contributed by atoms with E-state index in [1.54, 1.807) is 0 Å². The normalized spacial score (nSPS) is 24.8. The minimum absolute atomic E-state index is 0.122. The molecule has 0 amide bonds. The molecule has 4 rings (SSSR count). The van der Waals surface area contributed by atoms with E-state index >= 15 is 0 Å². The number of aliphatic hydroxyl groups excluding tert-OH is 3. The van der Waals surface area contributed by atoms with Gasteiger partial charge >= 0.3 is 0 Å². The second-order valence-corrected chi connectivity index (χ2v) is 7.77. The summed E-state index contributed by atoms with van der Waals surface area (Å²) in [4.78, 5) is 13.4. The quantitative estimate of drug-likeness (QED) is 0.257. The van der Waals surface area contributed by atoms with Crippen LogP contribution in [0.4, 0.5) is 0 Å². The van der Waals surface area contributed by atoms with Gasteiger partial charge in [0.2, 0.25) is 17.5 Å². The topological polar surface area (TPSA) is 200 Å². The highest BCUT2D eigenvalue weighted by molar-refractivity contribution is 5.88. The Bertz CT molecular complexity index is 1280. The molecule has 5 atom stereocenters. The maximum absolute atomic E-state index is 13.4. The van der Waals surface area contributed by atoms with E-state index in [1.165, 1.54) is 20.1 Å². The molecule has 2 heterocycles. The van der Waals surface area contributed by atoms with E-state index in [1.807, 2.05) is 0 Å². The zero-order valence-corrected chi connectivity index (χ0v) is 17.9. The van der Waals surface area contributed by atoms with Gasteiger partial charge in [-0.1, -0.05) is 0 Å². The number of methoxy groups -OCH3 is 1. The molecule has 1 aliphatic rings. The Hall–Kier alpha value is -3.71. The summed E-state index contributed by atoms with van der Waals surface area (Å²) in [6.07, 6.45) is -7.50. The third kappa shape index (κ3) is 3.82. The first-order chi connectivity index (χ1) is 16.0. The lowest BCUT2D eigenvalue weighted by Crippen LogP contribution is -2.58. The van der Waals surface area contributed by atoms with Crippen LogP contribution < -0.4 is 14.9 Å². The second kappa shape index (κ2) is 8.57. The summed E-state index contributed by atoms with van der Waals surface area (Å²) < 4.78 is 21.8. The molecule has 0 bridgehead atoms. The number of aliphatic hydroxyl groups is 3. The average molecular weight is 478 g/mol. The summed E-state index contributed by atoms with van der Waals surface area (Å²) in [5.41, 5.74) is -1.19. The van der Waals surface area contributed by atoms with Crippen LogP contribution in [0.3, 0.4) is 0 Å². The number of rotatable bonds is 4. The number of hydrogen-bond acceptors (Lipinski definition) is 12. The summed E-state index contributed by atoms with van der Waals surface area (Å²) in [7, 11) is 1.33. The number of phenolic OH excluding ortho intramolecular Hbond substituents is 4. The van der Waals surface area contributed by atoms with Crippen molar-refractivity contribution >= 4 is 11.0 Å². The van der Waals surface area contributed by atoms with E-state index in [9.17, 15) is 40.5 Å². The van der Waals surface area contributed by atoms with Crippen molar-refractivity contribution in [2.24, 2.45) is 0 Å². The van der Waals surface area contributed by atoms with Gasteiger partial charge in [-0.05, 0) is 19.1 Å². The van der Waals surface area contributed by atoms with E-state index in [2.05, 4.69) is 0 Å². The van der Waals surface area contributed by atoms with Crippen LogP contribution in [0.25, 0.3) is 22.3 Å². The van der Waals surface area contributed by atoms with Crippen molar-refractivity contribution in [3.63, 3.8) is 0 Å². The molecule has 0 aliphatic carbocycles. The average Bonchev–Trinajstić information content (AvgIpc) is 2.80. The van der Waals surface area contributed by atoms with E-state index in [0.29, 0.717) is 0 Å². The van der Waals surface area contributed by atoms with Crippen molar-refractivity contribution in [1.82, 2.24) is 0 Å². The largest absolute Gasteiger partial charge is 0.507 e. The van der Waals surface area contributed by atoms with Gasteiger partial charge in [-0.15, -0.1) is 0 Å². The van der Waals surface area contributed by atoms with Crippen LogP contribution in [0.5, 0.6) is 34.5 Å². The summed E-state index contributed by atoms with van der Waals surface area (Å²) in [5, 5.41) is 70.0. The maximum Gasteiger partial charge on any atom is 0.239 e. The van der Waals surface area contributed by atoms with Gasteiger partial charge in [-0.2, -0.15) is 0 Å². The zero-order valence-electron chi connectivity index (χ0n) is 17.9. The molecule has 7 N–H and O–H groups in total. The molecule has 0 spiro atoms. The standard InChI is InChI=1S/C22H22O12/c1-7-15(26)18(29)19(30)22(32-7)34-21-17(28)14-10(23)5-9(31-2)6-13(14)33-20(21)8-3-11(24)16(27)12(25)4-8/h3-7,15,18-19,22-27,29-30H,1-2H3/t7?,15-,18?,19-,22-/m0/s1. The monoisotopic (exact) mass is 478 g/mol. The molecule has 3 aromatic rings. The van der Waals surface area contributed by atoms with Crippen LogP contribution in [0.2, 0.25) is 0 Å².